The van der Waals surface area contributed by atoms with E-state index in [-0.39, 0.29) is 12.0 Å². The third kappa shape index (κ3) is 3.26. The van der Waals surface area contributed by atoms with Gasteiger partial charge in [0.2, 0.25) is 0 Å². The van der Waals surface area contributed by atoms with E-state index in [1.54, 1.807) is 6.92 Å². The van der Waals surface area contributed by atoms with Crippen molar-refractivity contribution in [1.29, 1.82) is 0 Å². The second-order valence-electron chi connectivity index (χ2n) is 4.92. The summed E-state index contributed by atoms with van der Waals surface area (Å²) in [6.07, 6.45) is 1.90. The molecule has 1 aromatic carbocycles. The van der Waals surface area contributed by atoms with Gasteiger partial charge in [-0.25, -0.2) is 0 Å². The summed E-state index contributed by atoms with van der Waals surface area (Å²) in [5.74, 6) is 0.576. The summed E-state index contributed by atoms with van der Waals surface area (Å²) in [6, 6.07) is 5.66. The number of aliphatic hydroxyl groups is 1. The number of aliphatic hydroxyl groups excluding tert-OH is 1. The van der Waals surface area contributed by atoms with Crippen LogP contribution < -0.4 is 10.1 Å². The Morgan fingerprint density at radius 2 is 2.37 bits per heavy atom. The molecule has 4 nitrogen and oxygen atoms in total. The van der Waals surface area contributed by atoms with E-state index in [4.69, 9.17) is 4.74 Å². The minimum Gasteiger partial charge on any atom is -0.481 e. The van der Waals surface area contributed by atoms with Gasteiger partial charge in [0.05, 0.1) is 6.10 Å². The van der Waals surface area contributed by atoms with Crippen molar-refractivity contribution >= 4 is 5.91 Å². The maximum absolute atomic E-state index is 11.6. The quantitative estimate of drug-likeness (QED) is 0.873. The zero-order valence-electron chi connectivity index (χ0n) is 11.5. The van der Waals surface area contributed by atoms with Crippen LogP contribution in [0.1, 0.15) is 43.9 Å². The summed E-state index contributed by atoms with van der Waals surface area (Å²) in [5, 5.41) is 12.6. The van der Waals surface area contributed by atoms with E-state index in [2.05, 4.69) is 5.32 Å². The summed E-state index contributed by atoms with van der Waals surface area (Å²) in [4.78, 5) is 11.6. The Morgan fingerprint density at radius 3 is 3.11 bits per heavy atom. The second-order valence-corrected chi connectivity index (χ2v) is 4.92. The Kier molecular flexibility index (Phi) is 4.43. The van der Waals surface area contributed by atoms with Crippen molar-refractivity contribution in [1.82, 2.24) is 5.32 Å². The standard InChI is InChI=1S/C15H21NO3/c1-3-16-15(18)10(2)19-12-7-8-13-11(9-12)5-4-6-14(13)17/h7-10,14,17H,3-6H2,1-2H3,(H,16,18). The van der Waals surface area contributed by atoms with Crippen molar-refractivity contribution in [3.05, 3.63) is 29.3 Å². The van der Waals surface area contributed by atoms with Crippen LogP contribution in [0.2, 0.25) is 0 Å². The molecule has 1 aromatic rings. The first-order valence-electron chi connectivity index (χ1n) is 6.87. The highest BCUT2D eigenvalue weighted by Gasteiger charge is 2.19. The monoisotopic (exact) mass is 263 g/mol. The third-order valence-corrected chi connectivity index (χ3v) is 3.43. The van der Waals surface area contributed by atoms with Crippen molar-refractivity contribution in [3.8, 4) is 5.75 Å². The van der Waals surface area contributed by atoms with Crippen LogP contribution in [-0.4, -0.2) is 23.7 Å². The summed E-state index contributed by atoms with van der Waals surface area (Å²) >= 11 is 0. The molecule has 2 N–H and O–H groups in total. The fourth-order valence-corrected chi connectivity index (χ4v) is 2.41. The molecule has 2 atom stereocenters. The van der Waals surface area contributed by atoms with Crippen LogP contribution in [0.15, 0.2) is 18.2 Å². The number of ether oxygens (including phenoxy) is 1. The molecule has 1 amide bonds. The van der Waals surface area contributed by atoms with Gasteiger partial charge in [0.25, 0.3) is 5.91 Å². The lowest BCUT2D eigenvalue weighted by atomic mass is 9.89. The van der Waals surface area contributed by atoms with Gasteiger partial charge < -0.3 is 15.2 Å². The van der Waals surface area contributed by atoms with Crippen LogP contribution in [0.5, 0.6) is 5.75 Å². The number of aryl methyl sites for hydroxylation is 1. The molecular formula is C15H21NO3. The van der Waals surface area contributed by atoms with E-state index in [1.807, 2.05) is 25.1 Å². The molecule has 19 heavy (non-hydrogen) atoms. The summed E-state index contributed by atoms with van der Waals surface area (Å²) in [5.41, 5.74) is 2.11. The topological polar surface area (TPSA) is 58.6 Å². The van der Waals surface area contributed by atoms with E-state index in [9.17, 15) is 9.90 Å². The predicted octanol–water partition coefficient (Wildman–Crippen LogP) is 1.96. The van der Waals surface area contributed by atoms with Gasteiger partial charge in [-0.05, 0) is 56.4 Å². The first kappa shape index (κ1) is 13.9. The van der Waals surface area contributed by atoms with E-state index < -0.39 is 6.10 Å². The van der Waals surface area contributed by atoms with Gasteiger partial charge in [-0.3, -0.25) is 4.79 Å². The van der Waals surface area contributed by atoms with Crippen molar-refractivity contribution in [2.24, 2.45) is 0 Å². The Morgan fingerprint density at radius 1 is 1.58 bits per heavy atom. The van der Waals surface area contributed by atoms with Gasteiger partial charge >= 0.3 is 0 Å². The molecular weight excluding hydrogens is 242 g/mol. The molecule has 0 saturated heterocycles. The number of likely N-dealkylation sites (N-methyl/N-ethyl adjacent to an activating group) is 1. The summed E-state index contributed by atoms with van der Waals surface area (Å²) in [7, 11) is 0. The van der Waals surface area contributed by atoms with Crippen LogP contribution in [0.25, 0.3) is 0 Å². The van der Waals surface area contributed by atoms with E-state index in [1.165, 1.54) is 0 Å². The predicted molar refractivity (Wildman–Crippen MR) is 73.1 cm³/mol. The van der Waals surface area contributed by atoms with Crippen LogP contribution in [0, 0.1) is 0 Å². The molecule has 1 aliphatic rings. The van der Waals surface area contributed by atoms with Crippen LogP contribution >= 0.6 is 0 Å². The van der Waals surface area contributed by atoms with Gasteiger partial charge in [-0.1, -0.05) is 6.07 Å². The fourth-order valence-electron chi connectivity index (χ4n) is 2.41. The Balaban J connectivity index is 2.08. The average Bonchev–Trinajstić information content (AvgIpc) is 2.39. The molecule has 1 aliphatic carbocycles. The Hall–Kier alpha value is -1.55. The third-order valence-electron chi connectivity index (χ3n) is 3.43. The number of rotatable bonds is 4. The average molecular weight is 263 g/mol. The van der Waals surface area contributed by atoms with Crippen molar-refractivity contribution in [2.45, 2.75) is 45.3 Å². The Bertz CT molecular complexity index is 459. The number of hydrogen-bond acceptors (Lipinski definition) is 3. The lowest BCUT2D eigenvalue weighted by Crippen LogP contribution is -2.36. The van der Waals surface area contributed by atoms with E-state index >= 15 is 0 Å². The van der Waals surface area contributed by atoms with E-state index in [0.29, 0.717) is 12.3 Å². The molecule has 104 valence electrons. The molecule has 0 aromatic heterocycles. The highest BCUT2D eigenvalue weighted by Crippen LogP contribution is 2.32. The maximum Gasteiger partial charge on any atom is 0.260 e. The number of carbonyl (C=O) groups excluding carboxylic acids is 1. The molecule has 0 saturated carbocycles. The van der Waals surface area contributed by atoms with Gasteiger partial charge in [-0.2, -0.15) is 0 Å². The van der Waals surface area contributed by atoms with Crippen LogP contribution in [0.3, 0.4) is 0 Å². The molecule has 0 bridgehead atoms. The SMILES string of the molecule is CCNC(=O)C(C)Oc1ccc2c(c1)CCCC2O. The number of fused-ring (bicyclic) bond motifs is 1. The number of amides is 1. The molecule has 2 rings (SSSR count). The molecule has 0 heterocycles. The van der Waals surface area contributed by atoms with Crippen LogP contribution in [-0.2, 0) is 11.2 Å². The van der Waals surface area contributed by atoms with Gasteiger partial charge in [0, 0.05) is 6.54 Å². The fraction of sp³-hybridized carbons (Fsp3) is 0.533. The molecule has 0 fully saturated rings. The zero-order chi connectivity index (χ0) is 13.8. The van der Waals surface area contributed by atoms with Gasteiger partial charge in [-0.15, -0.1) is 0 Å². The lowest BCUT2D eigenvalue weighted by molar-refractivity contribution is -0.127. The van der Waals surface area contributed by atoms with Crippen molar-refractivity contribution in [2.75, 3.05) is 6.54 Å². The van der Waals surface area contributed by atoms with Gasteiger partial charge in [0.15, 0.2) is 6.10 Å². The van der Waals surface area contributed by atoms with Crippen molar-refractivity contribution in [3.63, 3.8) is 0 Å². The first-order valence-corrected chi connectivity index (χ1v) is 6.87. The van der Waals surface area contributed by atoms with Gasteiger partial charge in [0.1, 0.15) is 5.75 Å². The second kappa shape index (κ2) is 6.06. The number of hydrogen-bond donors (Lipinski definition) is 2. The summed E-state index contributed by atoms with van der Waals surface area (Å²) < 4.78 is 5.64. The Labute approximate surface area is 113 Å². The highest BCUT2D eigenvalue weighted by atomic mass is 16.5. The number of carbonyl (C=O) groups is 1. The molecule has 4 heteroatoms. The van der Waals surface area contributed by atoms with E-state index in [0.717, 1.165) is 30.4 Å². The highest BCUT2D eigenvalue weighted by molar-refractivity contribution is 5.80. The minimum atomic E-state index is -0.508. The number of benzene rings is 1. The normalized spacial score (nSPS) is 19.4. The van der Waals surface area contributed by atoms with Crippen LogP contribution in [0.4, 0.5) is 0 Å². The molecule has 2 unspecified atom stereocenters. The first-order chi connectivity index (χ1) is 9.11. The number of nitrogens with one attached hydrogen (secondary N) is 1. The summed E-state index contributed by atoms with van der Waals surface area (Å²) in [6.45, 7) is 4.22. The minimum absolute atomic E-state index is 0.111. The lowest BCUT2D eigenvalue weighted by Gasteiger charge is -2.22. The smallest absolute Gasteiger partial charge is 0.260 e. The van der Waals surface area contributed by atoms with Crippen molar-refractivity contribution < 1.29 is 14.6 Å². The molecule has 0 aliphatic heterocycles. The zero-order valence-corrected chi connectivity index (χ0v) is 11.5. The molecule has 0 radical (unpaired) electrons. The molecule has 0 spiro atoms. The maximum atomic E-state index is 11.6. The largest absolute Gasteiger partial charge is 0.481 e.